The van der Waals surface area contributed by atoms with Crippen molar-refractivity contribution in [2.45, 2.75) is 33.9 Å². The Kier molecular flexibility index (Phi) is 3.12. The summed E-state index contributed by atoms with van der Waals surface area (Å²) in [6.07, 6.45) is 0. The number of aryl methyl sites for hydroxylation is 3. The van der Waals surface area contributed by atoms with Gasteiger partial charge in [0, 0.05) is 23.7 Å². The molecule has 0 atom stereocenters. The summed E-state index contributed by atoms with van der Waals surface area (Å²) in [5.74, 6) is 0.859. The summed E-state index contributed by atoms with van der Waals surface area (Å²) in [5.41, 5.74) is 4.43. The molecule has 0 saturated carbocycles. The minimum atomic E-state index is 0.677. The Balaban J connectivity index is 1.74. The molecule has 0 spiro atoms. The first-order chi connectivity index (χ1) is 9.15. The van der Waals surface area contributed by atoms with Crippen molar-refractivity contribution in [3.63, 3.8) is 0 Å². The molecule has 0 bridgehead atoms. The highest BCUT2D eigenvalue weighted by molar-refractivity contribution is 7.15. The molecule has 0 saturated heterocycles. The summed E-state index contributed by atoms with van der Waals surface area (Å²) in [5, 5.41) is 9.38. The minimum Gasteiger partial charge on any atom is -0.360 e. The maximum absolute atomic E-state index is 5.18. The van der Waals surface area contributed by atoms with E-state index in [1.807, 2.05) is 13.0 Å². The second kappa shape index (κ2) is 4.79. The van der Waals surface area contributed by atoms with Crippen molar-refractivity contribution in [1.29, 1.82) is 0 Å². The Morgan fingerprint density at radius 3 is 2.89 bits per heavy atom. The zero-order chi connectivity index (χ0) is 13.4. The van der Waals surface area contributed by atoms with E-state index in [2.05, 4.69) is 39.1 Å². The van der Waals surface area contributed by atoms with Gasteiger partial charge in [0.1, 0.15) is 0 Å². The summed E-state index contributed by atoms with van der Waals surface area (Å²) in [7, 11) is 0. The molecule has 0 unspecified atom stereocenters. The average Bonchev–Trinajstić information content (AvgIpc) is 3.01. The highest BCUT2D eigenvalue weighted by Gasteiger charge is 2.11. The molecule has 0 aromatic carbocycles. The molecule has 19 heavy (non-hydrogen) atoms. The maximum atomic E-state index is 5.18. The molecule has 0 aliphatic carbocycles. The van der Waals surface area contributed by atoms with Crippen LogP contribution in [0.4, 0.5) is 0 Å². The van der Waals surface area contributed by atoms with Crippen LogP contribution in [0.2, 0.25) is 0 Å². The van der Waals surface area contributed by atoms with Crippen LogP contribution in [0, 0.1) is 20.8 Å². The van der Waals surface area contributed by atoms with E-state index >= 15 is 0 Å². The van der Waals surface area contributed by atoms with Crippen LogP contribution in [0.1, 0.15) is 28.5 Å². The van der Waals surface area contributed by atoms with Gasteiger partial charge in [-0.25, -0.2) is 4.98 Å². The van der Waals surface area contributed by atoms with Crippen LogP contribution in [0.15, 0.2) is 16.0 Å². The molecular weight excluding hydrogens is 260 g/mol. The van der Waals surface area contributed by atoms with E-state index in [0.717, 1.165) is 28.7 Å². The average molecular weight is 276 g/mol. The summed E-state index contributed by atoms with van der Waals surface area (Å²) in [6, 6.07) is 1.95. The minimum absolute atomic E-state index is 0.677. The number of nitrogens with one attached hydrogen (secondary N) is 1. The van der Waals surface area contributed by atoms with Crippen molar-refractivity contribution >= 4 is 16.3 Å². The summed E-state index contributed by atoms with van der Waals surface area (Å²) in [4.78, 5) is 5.63. The molecular formula is C13H16N4OS. The molecule has 0 aliphatic rings. The van der Waals surface area contributed by atoms with Crippen molar-refractivity contribution in [2.24, 2.45) is 0 Å². The van der Waals surface area contributed by atoms with Gasteiger partial charge in [-0.15, -0.1) is 11.3 Å². The number of aromatic nitrogens is 3. The lowest BCUT2D eigenvalue weighted by molar-refractivity contribution is 0.369. The van der Waals surface area contributed by atoms with E-state index < -0.39 is 0 Å². The Morgan fingerprint density at radius 2 is 2.16 bits per heavy atom. The molecule has 3 aromatic rings. The van der Waals surface area contributed by atoms with Gasteiger partial charge in [-0.1, -0.05) is 5.16 Å². The third-order valence-corrected chi connectivity index (χ3v) is 4.04. The van der Waals surface area contributed by atoms with Gasteiger partial charge in [-0.2, -0.15) is 0 Å². The molecule has 0 amide bonds. The van der Waals surface area contributed by atoms with Crippen molar-refractivity contribution in [3.05, 3.63) is 40.0 Å². The zero-order valence-electron chi connectivity index (χ0n) is 11.2. The predicted octanol–water partition coefficient (Wildman–Crippen LogP) is 2.60. The number of hydrogen-bond donors (Lipinski definition) is 1. The first-order valence-electron chi connectivity index (χ1n) is 6.20. The van der Waals surface area contributed by atoms with Crippen LogP contribution < -0.4 is 5.32 Å². The van der Waals surface area contributed by atoms with Crippen molar-refractivity contribution in [2.75, 3.05) is 0 Å². The van der Waals surface area contributed by atoms with Crippen LogP contribution in [0.25, 0.3) is 4.96 Å². The normalized spacial score (nSPS) is 11.5. The predicted molar refractivity (Wildman–Crippen MR) is 74.3 cm³/mol. The van der Waals surface area contributed by atoms with Gasteiger partial charge in [0.25, 0.3) is 0 Å². The summed E-state index contributed by atoms with van der Waals surface area (Å²) >= 11 is 1.68. The monoisotopic (exact) mass is 276 g/mol. The summed E-state index contributed by atoms with van der Waals surface area (Å²) in [6.45, 7) is 7.52. The fourth-order valence-corrected chi connectivity index (χ4v) is 3.11. The van der Waals surface area contributed by atoms with Crippen molar-refractivity contribution < 1.29 is 4.52 Å². The fourth-order valence-electron chi connectivity index (χ4n) is 2.18. The standard InChI is InChI=1S/C13H16N4OS/c1-8-4-11(18-16-8)5-14-6-12-10(3)15-13-17(12)9(2)7-19-13/h4,7,14H,5-6H2,1-3H3. The van der Waals surface area contributed by atoms with Crippen LogP contribution in [0.5, 0.6) is 0 Å². The van der Waals surface area contributed by atoms with E-state index in [4.69, 9.17) is 4.52 Å². The molecule has 1 N–H and O–H groups in total. The smallest absolute Gasteiger partial charge is 0.194 e. The van der Waals surface area contributed by atoms with Gasteiger partial charge in [0.05, 0.1) is 23.6 Å². The number of hydrogen-bond acceptors (Lipinski definition) is 5. The van der Waals surface area contributed by atoms with Gasteiger partial charge < -0.3 is 9.84 Å². The van der Waals surface area contributed by atoms with Gasteiger partial charge in [0.2, 0.25) is 0 Å². The molecule has 100 valence electrons. The summed E-state index contributed by atoms with van der Waals surface area (Å²) < 4.78 is 7.38. The third kappa shape index (κ3) is 2.29. The van der Waals surface area contributed by atoms with Crippen LogP contribution >= 0.6 is 11.3 Å². The lowest BCUT2D eigenvalue weighted by atomic mass is 10.3. The van der Waals surface area contributed by atoms with Crippen LogP contribution in [-0.4, -0.2) is 14.5 Å². The lowest BCUT2D eigenvalue weighted by Gasteiger charge is -2.04. The molecule has 3 rings (SSSR count). The Morgan fingerprint density at radius 1 is 1.32 bits per heavy atom. The molecule has 3 aromatic heterocycles. The van der Waals surface area contributed by atoms with E-state index in [9.17, 15) is 0 Å². The lowest BCUT2D eigenvalue weighted by Crippen LogP contribution is -2.14. The molecule has 6 heteroatoms. The zero-order valence-corrected chi connectivity index (χ0v) is 12.0. The first kappa shape index (κ1) is 12.4. The van der Waals surface area contributed by atoms with Gasteiger partial charge in [-0.3, -0.25) is 4.40 Å². The molecule has 5 nitrogen and oxygen atoms in total. The Bertz CT molecular complexity index is 709. The number of nitrogens with zero attached hydrogens (tertiary/aromatic N) is 3. The number of fused-ring (bicyclic) bond motifs is 1. The van der Waals surface area contributed by atoms with Crippen LogP contribution in [0.3, 0.4) is 0 Å². The highest BCUT2D eigenvalue weighted by Crippen LogP contribution is 2.20. The topological polar surface area (TPSA) is 55.4 Å². The van der Waals surface area contributed by atoms with Crippen molar-refractivity contribution in [3.8, 4) is 0 Å². The molecule has 0 radical (unpaired) electrons. The second-order valence-corrected chi connectivity index (χ2v) is 5.51. The molecule has 3 heterocycles. The number of rotatable bonds is 4. The molecule has 0 aliphatic heterocycles. The number of thiazole rings is 1. The SMILES string of the molecule is Cc1cc(CNCc2c(C)nc3scc(C)n23)on1. The number of imidazole rings is 1. The molecule has 0 fully saturated rings. The van der Waals surface area contributed by atoms with Gasteiger partial charge >= 0.3 is 0 Å². The largest absolute Gasteiger partial charge is 0.360 e. The Hall–Kier alpha value is -1.66. The Labute approximate surface area is 115 Å². The highest BCUT2D eigenvalue weighted by atomic mass is 32.1. The first-order valence-corrected chi connectivity index (χ1v) is 7.08. The quantitative estimate of drug-likeness (QED) is 0.796. The van der Waals surface area contributed by atoms with Crippen LogP contribution in [-0.2, 0) is 13.1 Å². The van der Waals surface area contributed by atoms with E-state index in [1.54, 1.807) is 11.3 Å². The maximum Gasteiger partial charge on any atom is 0.194 e. The van der Waals surface area contributed by atoms with E-state index in [1.165, 1.54) is 11.4 Å². The second-order valence-electron chi connectivity index (χ2n) is 4.68. The van der Waals surface area contributed by atoms with Crippen molar-refractivity contribution in [1.82, 2.24) is 19.9 Å². The third-order valence-electron chi connectivity index (χ3n) is 3.10. The fraction of sp³-hybridized carbons (Fsp3) is 0.385. The van der Waals surface area contributed by atoms with Gasteiger partial charge in [0.15, 0.2) is 10.7 Å². The van der Waals surface area contributed by atoms with E-state index in [0.29, 0.717) is 6.54 Å². The van der Waals surface area contributed by atoms with E-state index in [-0.39, 0.29) is 0 Å². The van der Waals surface area contributed by atoms with Gasteiger partial charge in [-0.05, 0) is 20.8 Å².